The van der Waals surface area contributed by atoms with Gasteiger partial charge in [-0.1, -0.05) is 6.92 Å². The number of anilines is 1. The number of aromatic nitrogens is 3. The second-order valence-electron chi connectivity index (χ2n) is 7.97. The van der Waals surface area contributed by atoms with Crippen LogP contribution in [0.3, 0.4) is 0 Å². The Balaban J connectivity index is 1.46. The molecule has 0 saturated carbocycles. The molecule has 0 radical (unpaired) electrons. The van der Waals surface area contributed by atoms with Gasteiger partial charge in [-0.05, 0) is 37.8 Å². The van der Waals surface area contributed by atoms with Gasteiger partial charge in [0.2, 0.25) is 0 Å². The van der Waals surface area contributed by atoms with Crippen molar-refractivity contribution in [1.29, 1.82) is 0 Å². The zero-order valence-electron chi connectivity index (χ0n) is 17.7. The molecular weight excluding hydrogens is 382 g/mol. The minimum atomic E-state index is -0.221. The average molecular weight is 412 g/mol. The van der Waals surface area contributed by atoms with Crippen molar-refractivity contribution in [2.45, 2.75) is 45.8 Å². The molecule has 1 unspecified atom stereocenters. The molecule has 2 aromatic heterocycles. The van der Waals surface area contributed by atoms with E-state index in [0.717, 1.165) is 42.9 Å². The highest BCUT2D eigenvalue weighted by Gasteiger charge is 2.27. The maximum atomic E-state index is 13.2. The summed E-state index contributed by atoms with van der Waals surface area (Å²) in [5.41, 5.74) is 1.78. The Labute approximate surface area is 176 Å². The number of nitrogens with zero attached hydrogens (tertiary/aromatic N) is 5. The van der Waals surface area contributed by atoms with Crippen molar-refractivity contribution in [3.8, 4) is 0 Å². The Kier molecular flexibility index (Phi) is 6.13. The maximum absolute atomic E-state index is 13.2. The molecule has 4 rings (SSSR count). The number of rotatable bonds is 5. The molecule has 0 N–H and O–H groups in total. The zero-order valence-corrected chi connectivity index (χ0v) is 17.7. The van der Waals surface area contributed by atoms with E-state index in [9.17, 15) is 9.59 Å². The van der Waals surface area contributed by atoms with Crippen LogP contribution in [0.4, 0.5) is 5.82 Å². The van der Waals surface area contributed by atoms with Gasteiger partial charge in [0.05, 0.1) is 12.6 Å². The first-order chi connectivity index (χ1) is 14.6. The number of carbonyl (C=O) groups is 1. The molecule has 0 bridgehead atoms. The Morgan fingerprint density at radius 2 is 2.03 bits per heavy atom. The van der Waals surface area contributed by atoms with Gasteiger partial charge in [0.15, 0.2) is 0 Å². The molecule has 2 aliphatic heterocycles. The predicted molar refractivity (Wildman–Crippen MR) is 114 cm³/mol. The molecule has 2 saturated heterocycles. The van der Waals surface area contributed by atoms with Gasteiger partial charge in [-0.15, -0.1) is 0 Å². The molecule has 1 amide bonds. The summed E-state index contributed by atoms with van der Waals surface area (Å²) in [4.78, 5) is 38.8. The number of aryl methyl sites for hydroxylation is 2. The molecule has 8 nitrogen and oxygen atoms in total. The van der Waals surface area contributed by atoms with Crippen molar-refractivity contribution in [3.05, 3.63) is 51.8 Å². The third-order valence-electron chi connectivity index (χ3n) is 5.97. The highest BCUT2D eigenvalue weighted by Crippen LogP contribution is 2.17. The van der Waals surface area contributed by atoms with Crippen LogP contribution in [0.15, 0.2) is 29.5 Å². The lowest BCUT2D eigenvalue weighted by Crippen LogP contribution is -2.50. The second kappa shape index (κ2) is 8.95. The molecule has 2 aliphatic rings. The van der Waals surface area contributed by atoms with E-state index in [0.29, 0.717) is 32.7 Å². The van der Waals surface area contributed by atoms with E-state index in [4.69, 9.17) is 4.74 Å². The Bertz CT molecular complexity index is 959. The lowest BCUT2D eigenvalue weighted by atomic mass is 10.1. The number of pyridine rings is 1. The first-order valence-electron chi connectivity index (χ1n) is 10.7. The summed E-state index contributed by atoms with van der Waals surface area (Å²) in [6.45, 7) is 7.62. The molecule has 0 aromatic carbocycles. The van der Waals surface area contributed by atoms with E-state index in [1.54, 1.807) is 22.0 Å². The molecule has 30 heavy (non-hydrogen) atoms. The Morgan fingerprint density at radius 3 is 2.73 bits per heavy atom. The van der Waals surface area contributed by atoms with E-state index < -0.39 is 0 Å². The van der Waals surface area contributed by atoms with E-state index in [2.05, 4.69) is 21.8 Å². The number of amides is 1. The average Bonchev–Trinajstić information content (AvgIpc) is 3.29. The Hall–Kier alpha value is -2.74. The van der Waals surface area contributed by atoms with E-state index >= 15 is 0 Å². The molecule has 2 aromatic rings. The van der Waals surface area contributed by atoms with Crippen molar-refractivity contribution in [2.75, 3.05) is 37.7 Å². The van der Waals surface area contributed by atoms with E-state index in [1.165, 1.54) is 0 Å². The van der Waals surface area contributed by atoms with Crippen LogP contribution in [0.1, 0.15) is 41.4 Å². The van der Waals surface area contributed by atoms with Crippen molar-refractivity contribution < 1.29 is 9.53 Å². The largest absolute Gasteiger partial charge is 0.376 e. The van der Waals surface area contributed by atoms with Crippen LogP contribution in [0, 0.1) is 6.92 Å². The number of carbonyl (C=O) groups excluding carboxylic acids is 1. The summed E-state index contributed by atoms with van der Waals surface area (Å²) < 4.78 is 7.28. The Morgan fingerprint density at radius 1 is 1.23 bits per heavy atom. The summed E-state index contributed by atoms with van der Waals surface area (Å²) in [6, 6.07) is 3.86. The van der Waals surface area contributed by atoms with Crippen LogP contribution in [-0.4, -0.2) is 64.2 Å². The molecule has 4 heterocycles. The molecule has 0 aliphatic carbocycles. The van der Waals surface area contributed by atoms with Gasteiger partial charge in [-0.25, -0.2) is 9.97 Å². The SMILES string of the molecule is CCc1cc(N2CCN(C(=O)c3c(C)ccn(CC4CCCO4)c3=O)CC2)ncn1. The lowest BCUT2D eigenvalue weighted by Gasteiger charge is -2.35. The van der Waals surface area contributed by atoms with Crippen LogP contribution in [0.5, 0.6) is 0 Å². The normalized spacial score (nSPS) is 19.3. The second-order valence-corrected chi connectivity index (χ2v) is 7.97. The molecular formula is C22H29N5O3. The van der Waals surface area contributed by atoms with E-state index in [1.807, 2.05) is 19.1 Å². The molecule has 8 heteroatoms. The minimum absolute atomic E-state index is 0.0535. The zero-order chi connectivity index (χ0) is 21.1. The van der Waals surface area contributed by atoms with Crippen LogP contribution >= 0.6 is 0 Å². The van der Waals surface area contributed by atoms with Gasteiger partial charge in [-0.3, -0.25) is 9.59 Å². The fourth-order valence-corrected chi connectivity index (χ4v) is 4.13. The third-order valence-corrected chi connectivity index (χ3v) is 5.97. The fourth-order valence-electron chi connectivity index (χ4n) is 4.13. The topological polar surface area (TPSA) is 80.6 Å². The summed E-state index contributed by atoms with van der Waals surface area (Å²) >= 11 is 0. The third kappa shape index (κ3) is 4.23. The van der Waals surface area contributed by atoms with Gasteiger partial charge < -0.3 is 19.1 Å². The predicted octanol–water partition coefficient (Wildman–Crippen LogP) is 1.65. The molecule has 160 valence electrons. The summed E-state index contributed by atoms with van der Waals surface area (Å²) in [7, 11) is 0. The van der Waals surface area contributed by atoms with E-state index in [-0.39, 0.29) is 23.1 Å². The van der Waals surface area contributed by atoms with Crippen molar-refractivity contribution in [3.63, 3.8) is 0 Å². The van der Waals surface area contributed by atoms with Crippen LogP contribution in [0.25, 0.3) is 0 Å². The van der Waals surface area contributed by atoms with Crippen LogP contribution < -0.4 is 10.5 Å². The number of hydrogen-bond acceptors (Lipinski definition) is 6. The maximum Gasteiger partial charge on any atom is 0.263 e. The monoisotopic (exact) mass is 411 g/mol. The van der Waals surface area contributed by atoms with Crippen LogP contribution in [-0.2, 0) is 17.7 Å². The summed E-state index contributed by atoms with van der Waals surface area (Å²) in [5, 5.41) is 0. The highest BCUT2D eigenvalue weighted by atomic mass is 16.5. The minimum Gasteiger partial charge on any atom is -0.376 e. The fraction of sp³-hybridized carbons (Fsp3) is 0.545. The number of hydrogen-bond donors (Lipinski definition) is 0. The highest BCUT2D eigenvalue weighted by molar-refractivity contribution is 5.95. The molecule has 1 atom stereocenters. The van der Waals surface area contributed by atoms with Gasteiger partial charge in [0.1, 0.15) is 17.7 Å². The van der Waals surface area contributed by atoms with Crippen molar-refractivity contribution >= 4 is 11.7 Å². The van der Waals surface area contributed by atoms with Gasteiger partial charge in [0.25, 0.3) is 11.5 Å². The molecule has 0 spiro atoms. The smallest absolute Gasteiger partial charge is 0.263 e. The first kappa shape index (κ1) is 20.5. The summed E-state index contributed by atoms with van der Waals surface area (Å²) in [6.07, 6.45) is 6.25. The van der Waals surface area contributed by atoms with Gasteiger partial charge in [-0.2, -0.15) is 0 Å². The standard InChI is InChI=1S/C22H29N5O3/c1-3-17-13-19(24-15-23-17)25-8-10-26(11-9-25)21(28)20-16(2)6-7-27(22(20)29)14-18-5-4-12-30-18/h6-7,13,15,18H,3-5,8-12,14H2,1-2H3. The van der Waals surface area contributed by atoms with Crippen LogP contribution in [0.2, 0.25) is 0 Å². The summed E-state index contributed by atoms with van der Waals surface area (Å²) in [5.74, 6) is 0.708. The van der Waals surface area contributed by atoms with Gasteiger partial charge in [0, 0.05) is 50.7 Å². The van der Waals surface area contributed by atoms with Gasteiger partial charge >= 0.3 is 0 Å². The first-order valence-corrected chi connectivity index (χ1v) is 10.7. The molecule has 2 fully saturated rings. The lowest BCUT2D eigenvalue weighted by molar-refractivity contribution is 0.0740. The number of piperazine rings is 1. The van der Waals surface area contributed by atoms with Crippen molar-refractivity contribution in [1.82, 2.24) is 19.4 Å². The quantitative estimate of drug-likeness (QED) is 0.744. The van der Waals surface area contributed by atoms with Crippen molar-refractivity contribution in [2.24, 2.45) is 0 Å². The number of ether oxygens (including phenoxy) is 1.